The van der Waals surface area contributed by atoms with Crippen LogP contribution in [-0.4, -0.2) is 33.7 Å². The molecule has 0 radical (unpaired) electrons. The number of rotatable bonds is 2. The van der Waals surface area contributed by atoms with Gasteiger partial charge in [0.2, 0.25) is 0 Å². The van der Waals surface area contributed by atoms with Crippen LogP contribution in [-0.2, 0) is 4.79 Å². The van der Waals surface area contributed by atoms with E-state index in [2.05, 4.69) is 0 Å². The van der Waals surface area contributed by atoms with Crippen LogP contribution < -0.4 is 9.47 Å². The van der Waals surface area contributed by atoms with Crippen molar-refractivity contribution in [3.63, 3.8) is 0 Å². The minimum Gasteiger partial charge on any atom is -0.485 e. The molecule has 6 nitrogen and oxygen atoms in total. The molecule has 0 saturated carbocycles. The highest BCUT2D eigenvalue weighted by Crippen LogP contribution is 2.42. The first kappa shape index (κ1) is 15.5. The first-order valence-electron chi connectivity index (χ1n) is 6.56. The smallest absolute Gasteiger partial charge is 0.308 e. The maximum Gasteiger partial charge on any atom is 0.308 e. The number of ketones is 1. The zero-order valence-electron chi connectivity index (χ0n) is 12.3. The molecular formula is C15H18O6. The number of Topliss-reactive ketones (excluding diaryl/α,β-unsaturated/α-hetero) is 1. The quantitative estimate of drug-likeness (QED) is 0.486. The Kier molecular flexibility index (Phi) is 3.78. The molecule has 0 aliphatic carbocycles. The lowest BCUT2D eigenvalue weighted by Crippen LogP contribution is -2.48. The highest BCUT2D eigenvalue weighted by molar-refractivity contribution is 5.98. The fourth-order valence-corrected chi connectivity index (χ4v) is 2.31. The second kappa shape index (κ2) is 5.13. The van der Waals surface area contributed by atoms with Crippen LogP contribution in [0.2, 0.25) is 0 Å². The Morgan fingerprint density at radius 1 is 1.24 bits per heavy atom. The third kappa shape index (κ3) is 2.77. The largest absolute Gasteiger partial charge is 0.485 e. The van der Waals surface area contributed by atoms with Crippen molar-refractivity contribution in [2.24, 2.45) is 0 Å². The summed E-state index contributed by atoms with van der Waals surface area (Å²) in [7, 11) is 0. The highest BCUT2D eigenvalue weighted by Gasteiger charge is 2.42. The third-order valence-electron chi connectivity index (χ3n) is 3.45. The van der Waals surface area contributed by atoms with Gasteiger partial charge in [0.1, 0.15) is 29.3 Å². The highest BCUT2D eigenvalue weighted by atomic mass is 16.5. The zero-order chi connectivity index (χ0) is 15.9. The molecule has 0 amide bonds. The molecule has 0 spiro atoms. The number of esters is 1. The zero-order valence-corrected chi connectivity index (χ0v) is 12.3. The minimum atomic E-state index is -1.19. The van der Waals surface area contributed by atoms with Gasteiger partial charge in [-0.2, -0.15) is 0 Å². The number of aliphatic hydroxyl groups excluding tert-OH is 2. The van der Waals surface area contributed by atoms with Gasteiger partial charge in [-0.25, -0.2) is 0 Å². The van der Waals surface area contributed by atoms with E-state index in [0.29, 0.717) is 5.56 Å². The molecule has 1 aliphatic rings. The number of carbonyl (C=O) groups excluding carboxylic acids is 2. The summed E-state index contributed by atoms with van der Waals surface area (Å²) in [5.74, 6) is -0.527. The molecule has 1 aromatic rings. The van der Waals surface area contributed by atoms with Crippen molar-refractivity contribution in [2.75, 3.05) is 0 Å². The second-order valence-corrected chi connectivity index (χ2v) is 5.63. The number of carbonyl (C=O) groups is 2. The Morgan fingerprint density at radius 2 is 1.86 bits per heavy atom. The maximum absolute atomic E-state index is 11.7. The monoisotopic (exact) mass is 294 g/mol. The molecule has 1 aromatic carbocycles. The SMILES string of the molecule is CC(=O)Oc1cc2c(cc1C(C)=O)[C@H](O)[C@@H](O)C(C)(C)O2. The van der Waals surface area contributed by atoms with Gasteiger partial charge in [-0.1, -0.05) is 0 Å². The van der Waals surface area contributed by atoms with Gasteiger partial charge in [-0.05, 0) is 26.8 Å². The summed E-state index contributed by atoms with van der Waals surface area (Å²) in [6.07, 6.45) is -2.32. The molecule has 0 fully saturated rings. The van der Waals surface area contributed by atoms with Crippen LogP contribution in [0.15, 0.2) is 12.1 Å². The van der Waals surface area contributed by atoms with E-state index in [1.807, 2.05) is 0 Å². The Labute approximate surface area is 122 Å². The third-order valence-corrected chi connectivity index (χ3v) is 3.45. The van der Waals surface area contributed by atoms with Gasteiger partial charge in [0.15, 0.2) is 5.78 Å². The van der Waals surface area contributed by atoms with Crippen molar-refractivity contribution in [3.05, 3.63) is 23.3 Å². The van der Waals surface area contributed by atoms with E-state index in [4.69, 9.17) is 9.47 Å². The summed E-state index contributed by atoms with van der Waals surface area (Å²) in [6, 6.07) is 2.78. The minimum absolute atomic E-state index is 0.0770. The van der Waals surface area contributed by atoms with Crippen LogP contribution in [0.3, 0.4) is 0 Å². The molecule has 2 N–H and O–H groups in total. The van der Waals surface area contributed by atoms with Crippen LogP contribution in [0.5, 0.6) is 11.5 Å². The molecule has 0 bridgehead atoms. The molecule has 2 atom stereocenters. The lowest BCUT2D eigenvalue weighted by molar-refractivity contribution is -0.131. The number of benzene rings is 1. The number of fused-ring (bicyclic) bond motifs is 1. The van der Waals surface area contributed by atoms with Crippen molar-refractivity contribution in [3.8, 4) is 11.5 Å². The van der Waals surface area contributed by atoms with E-state index in [9.17, 15) is 19.8 Å². The predicted molar refractivity (Wildman–Crippen MR) is 73.4 cm³/mol. The molecule has 21 heavy (non-hydrogen) atoms. The van der Waals surface area contributed by atoms with Crippen LogP contribution in [0.1, 0.15) is 49.7 Å². The molecule has 1 heterocycles. The summed E-state index contributed by atoms with van der Waals surface area (Å²) in [5.41, 5.74) is -0.557. The van der Waals surface area contributed by atoms with E-state index in [0.717, 1.165) is 0 Å². The fourth-order valence-electron chi connectivity index (χ4n) is 2.31. The van der Waals surface area contributed by atoms with Crippen molar-refractivity contribution in [2.45, 2.75) is 45.5 Å². The van der Waals surface area contributed by atoms with Crippen LogP contribution in [0, 0.1) is 0 Å². The average molecular weight is 294 g/mol. The fraction of sp³-hybridized carbons (Fsp3) is 0.467. The van der Waals surface area contributed by atoms with Gasteiger partial charge in [0.05, 0.1) is 5.56 Å². The topological polar surface area (TPSA) is 93.1 Å². The van der Waals surface area contributed by atoms with Gasteiger partial charge < -0.3 is 19.7 Å². The molecule has 0 aromatic heterocycles. The van der Waals surface area contributed by atoms with Crippen molar-refractivity contribution in [1.82, 2.24) is 0 Å². The molecular weight excluding hydrogens is 276 g/mol. The lowest BCUT2D eigenvalue weighted by atomic mass is 9.87. The number of hydrogen-bond acceptors (Lipinski definition) is 6. The van der Waals surface area contributed by atoms with Gasteiger partial charge in [0.25, 0.3) is 0 Å². The van der Waals surface area contributed by atoms with Crippen molar-refractivity contribution < 1.29 is 29.3 Å². The first-order chi connectivity index (χ1) is 9.63. The van der Waals surface area contributed by atoms with Gasteiger partial charge in [0, 0.05) is 18.6 Å². The Morgan fingerprint density at radius 3 is 2.38 bits per heavy atom. The summed E-state index contributed by atoms with van der Waals surface area (Å²) in [5, 5.41) is 20.2. The van der Waals surface area contributed by atoms with E-state index in [-0.39, 0.29) is 22.8 Å². The van der Waals surface area contributed by atoms with Gasteiger partial charge in [-0.3, -0.25) is 9.59 Å². The molecule has 2 rings (SSSR count). The average Bonchev–Trinajstić information content (AvgIpc) is 2.34. The van der Waals surface area contributed by atoms with E-state index in [1.165, 1.54) is 26.0 Å². The second-order valence-electron chi connectivity index (χ2n) is 5.63. The number of hydrogen-bond donors (Lipinski definition) is 2. The van der Waals surface area contributed by atoms with E-state index in [1.54, 1.807) is 13.8 Å². The van der Waals surface area contributed by atoms with Crippen molar-refractivity contribution >= 4 is 11.8 Å². The van der Waals surface area contributed by atoms with Crippen LogP contribution in [0.4, 0.5) is 0 Å². The standard InChI is InChI=1S/C15H18O6/c1-7(16)9-5-10-12(6-11(9)20-8(2)17)21-15(3,4)14(19)13(10)18/h5-6,13-14,18-19H,1-4H3/t13-,14+/m0/s1. The molecule has 1 aliphatic heterocycles. The molecule has 0 saturated heterocycles. The summed E-state index contributed by atoms with van der Waals surface area (Å²) in [6.45, 7) is 5.82. The summed E-state index contributed by atoms with van der Waals surface area (Å²) in [4.78, 5) is 22.8. The number of aliphatic hydroxyl groups is 2. The Hall–Kier alpha value is -1.92. The predicted octanol–water partition coefficient (Wildman–Crippen LogP) is 1.38. The normalized spacial score (nSPS) is 23.0. The summed E-state index contributed by atoms with van der Waals surface area (Å²) >= 11 is 0. The van der Waals surface area contributed by atoms with Crippen LogP contribution in [0.25, 0.3) is 0 Å². The van der Waals surface area contributed by atoms with E-state index < -0.39 is 23.8 Å². The lowest BCUT2D eigenvalue weighted by Gasteiger charge is -2.40. The maximum atomic E-state index is 11.7. The molecule has 6 heteroatoms. The van der Waals surface area contributed by atoms with Crippen molar-refractivity contribution in [1.29, 1.82) is 0 Å². The Balaban J connectivity index is 2.59. The first-order valence-corrected chi connectivity index (χ1v) is 6.56. The summed E-state index contributed by atoms with van der Waals surface area (Å²) < 4.78 is 10.7. The number of ether oxygens (including phenoxy) is 2. The van der Waals surface area contributed by atoms with Crippen LogP contribution >= 0.6 is 0 Å². The van der Waals surface area contributed by atoms with Gasteiger partial charge >= 0.3 is 5.97 Å². The Bertz CT molecular complexity index is 604. The van der Waals surface area contributed by atoms with E-state index >= 15 is 0 Å². The van der Waals surface area contributed by atoms with Gasteiger partial charge in [-0.15, -0.1) is 0 Å². The molecule has 114 valence electrons. The molecule has 0 unspecified atom stereocenters.